The Morgan fingerprint density at radius 1 is 1.09 bits per heavy atom. The van der Waals surface area contributed by atoms with Crippen molar-refractivity contribution in [2.45, 2.75) is 50.7 Å². The highest BCUT2D eigenvalue weighted by atomic mass is 16.5. The number of allylic oxidation sites excluding steroid dienone is 2. The zero-order chi connectivity index (χ0) is 22.9. The van der Waals surface area contributed by atoms with Crippen LogP contribution in [0, 0.1) is 0 Å². The van der Waals surface area contributed by atoms with Crippen LogP contribution in [0.25, 0.3) is 0 Å². The van der Waals surface area contributed by atoms with Gasteiger partial charge in [-0.1, -0.05) is 25.1 Å². The van der Waals surface area contributed by atoms with E-state index in [1.165, 1.54) is 4.57 Å². The molecule has 8 heteroatoms. The normalized spacial score (nSPS) is 22.5. The van der Waals surface area contributed by atoms with Gasteiger partial charge < -0.3 is 19.8 Å². The SMILES string of the molecule is CCCC(=O)OC(CN1CCN(c2ccccn2)CC1)Cn1c(O)c2c(c1O)C1C=CC2C1. The molecular weight excluding hydrogens is 420 g/mol. The highest BCUT2D eigenvalue weighted by molar-refractivity contribution is 5.69. The number of carbonyl (C=O) groups excluding carboxylic acids is 1. The van der Waals surface area contributed by atoms with Crippen LogP contribution in [0.4, 0.5) is 5.82 Å². The quantitative estimate of drug-likeness (QED) is 0.470. The summed E-state index contributed by atoms with van der Waals surface area (Å²) in [5.41, 5.74) is 1.67. The van der Waals surface area contributed by atoms with Gasteiger partial charge in [0, 0.05) is 68.3 Å². The molecule has 33 heavy (non-hydrogen) atoms. The monoisotopic (exact) mass is 452 g/mol. The van der Waals surface area contributed by atoms with Gasteiger partial charge in [0.2, 0.25) is 0 Å². The molecule has 2 aromatic heterocycles. The highest BCUT2D eigenvalue weighted by Crippen LogP contribution is 2.56. The molecular formula is C25H32N4O4. The van der Waals surface area contributed by atoms with Gasteiger partial charge in [-0.25, -0.2) is 4.98 Å². The van der Waals surface area contributed by atoms with Crippen molar-refractivity contribution in [1.29, 1.82) is 0 Å². The lowest BCUT2D eigenvalue weighted by atomic mass is 10.0. The van der Waals surface area contributed by atoms with Gasteiger partial charge in [-0.15, -0.1) is 0 Å². The molecule has 2 aromatic rings. The van der Waals surface area contributed by atoms with Crippen molar-refractivity contribution >= 4 is 11.8 Å². The number of aromatic hydroxyl groups is 2. The number of pyridine rings is 1. The predicted octanol–water partition coefficient (Wildman–Crippen LogP) is 2.97. The van der Waals surface area contributed by atoms with E-state index in [0.717, 1.165) is 56.0 Å². The van der Waals surface area contributed by atoms with Gasteiger partial charge in [0.15, 0.2) is 11.8 Å². The summed E-state index contributed by atoms with van der Waals surface area (Å²) in [5, 5.41) is 21.8. The summed E-state index contributed by atoms with van der Waals surface area (Å²) in [6, 6.07) is 5.93. The highest BCUT2D eigenvalue weighted by Gasteiger charge is 2.41. The molecule has 3 aliphatic rings. The molecule has 1 saturated heterocycles. The molecule has 3 atom stereocenters. The molecule has 176 valence electrons. The van der Waals surface area contributed by atoms with Gasteiger partial charge in [0.05, 0.1) is 6.54 Å². The van der Waals surface area contributed by atoms with E-state index in [0.29, 0.717) is 13.0 Å². The zero-order valence-electron chi connectivity index (χ0n) is 19.1. The van der Waals surface area contributed by atoms with Crippen LogP contribution in [0.1, 0.15) is 49.1 Å². The molecule has 3 unspecified atom stereocenters. The number of rotatable bonds is 8. The minimum Gasteiger partial charge on any atom is -0.494 e. The zero-order valence-corrected chi connectivity index (χ0v) is 19.1. The number of anilines is 1. The first kappa shape index (κ1) is 21.8. The molecule has 5 rings (SSSR count). The lowest BCUT2D eigenvalue weighted by Crippen LogP contribution is -2.49. The number of aromatic nitrogens is 2. The van der Waals surface area contributed by atoms with Crippen LogP contribution < -0.4 is 4.90 Å². The first-order chi connectivity index (χ1) is 16.0. The largest absolute Gasteiger partial charge is 0.494 e. The van der Waals surface area contributed by atoms with Crippen molar-refractivity contribution in [1.82, 2.24) is 14.5 Å². The van der Waals surface area contributed by atoms with Gasteiger partial charge in [0.1, 0.15) is 11.9 Å². The first-order valence-corrected chi connectivity index (χ1v) is 12.0. The number of hydrogen-bond acceptors (Lipinski definition) is 7. The molecule has 1 aliphatic heterocycles. The summed E-state index contributed by atoms with van der Waals surface area (Å²) in [4.78, 5) is 21.3. The Balaban J connectivity index is 1.28. The van der Waals surface area contributed by atoms with Crippen molar-refractivity contribution in [3.05, 3.63) is 47.7 Å². The summed E-state index contributed by atoms with van der Waals surface area (Å²) in [6.45, 7) is 6.08. The van der Waals surface area contributed by atoms with Crippen molar-refractivity contribution < 1.29 is 19.7 Å². The molecule has 2 N–H and O–H groups in total. The van der Waals surface area contributed by atoms with Crippen LogP contribution in [0.5, 0.6) is 11.8 Å². The fourth-order valence-corrected chi connectivity index (χ4v) is 5.44. The van der Waals surface area contributed by atoms with E-state index in [2.05, 4.69) is 26.9 Å². The average Bonchev–Trinajstić information content (AvgIpc) is 3.50. The van der Waals surface area contributed by atoms with Crippen LogP contribution in [0.15, 0.2) is 36.5 Å². The fourth-order valence-electron chi connectivity index (χ4n) is 5.44. The maximum atomic E-state index is 12.3. The molecule has 0 saturated carbocycles. The topological polar surface area (TPSA) is 91.1 Å². The third-order valence-electron chi connectivity index (χ3n) is 7.05. The Bertz CT molecular complexity index is 991. The second kappa shape index (κ2) is 9.09. The van der Waals surface area contributed by atoms with Gasteiger partial charge in [-0.3, -0.25) is 14.3 Å². The van der Waals surface area contributed by atoms with Crippen LogP contribution in [0.3, 0.4) is 0 Å². The maximum Gasteiger partial charge on any atom is 0.306 e. The van der Waals surface area contributed by atoms with Crippen LogP contribution in [-0.2, 0) is 16.1 Å². The molecule has 1 fully saturated rings. The molecule has 0 amide bonds. The molecule has 3 heterocycles. The van der Waals surface area contributed by atoms with Crippen molar-refractivity contribution in [2.24, 2.45) is 0 Å². The van der Waals surface area contributed by atoms with Crippen LogP contribution in [-0.4, -0.2) is 69.5 Å². The third-order valence-corrected chi connectivity index (χ3v) is 7.05. The van der Waals surface area contributed by atoms with Crippen molar-refractivity contribution in [3.8, 4) is 11.8 Å². The van der Waals surface area contributed by atoms with Gasteiger partial charge in [-0.2, -0.15) is 0 Å². The third kappa shape index (κ3) is 4.19. The fraction of sp³-hybridized carbons (Fsp3) is 0.520. The number of carbonyl (C=O) groups is 1. The Labute approximate surface area is 194 Å². The maximum absolute atomic E-state index is 12.3. The van der Waals surface area contributed by atoms with Crippen LogP contribution >= 0.6 is 0 Å². The predicted molar refractivity (Wildman–Crippen MR) is 125 cm³/mol. The second-order valence-electron chi connectivity index (χ2n) is 9.26. The molecule has 8 nitrogen and oxygen atoms in total. The minimum atomic E-state index is -0.458. The number of piperazine rings is 1. The summed E-state index contributed by atoms with van der Waals surface area (Å²) < 4.78 is 7.36. The van der Waals surface area contributed by atoms with E-state index >= 15 is 0 Å². The molecule has 0 spiro atoms. The number of fused-ring (bicyclic) bond motifs is 5. The van der Waals surface area contributed by atoms with E-state index in [4.69, 9.17) is 4.74 Å². The summed E-state index contributed by atoms with van der Waals surface area (Å²) >= 11 is 0. The lowest BCUT2D eigenvalue weighted by molar-refractivity contribution is -0.151. The molecule has 0 radical (unpaired) electrons. The smallest absolute Gasteiger partial charge is 0.306 e. The standard InChI is InChI=1S/C25H32N4O4/c1-2-5-21(30)33-19(15-27-10-12-28(13-11-27)20-6-3-4-9-26-20)16-29-24(31)22-17-7-8-18(14-17)23(22)25(29)32/h3-4,6-9,17-19,31-32H,2,5,10-16H2,1H3. The summed E-state index contributed by atoms with van der Waals surface area (Å²) in [5.74, 6) is 1.28. The number of nitrogens with zero attached hydrogens (tertiary/aromatic N) is 4. The van der Waals surface area contributed by atoms with E-state index in [1.54, 1.807) is 6.20 Å². The number of ether oxygens (including phenoxy) is 1. The Morgan fingerprint density at radius 2 is 1.79 bits per heavy atom. The Morgan fingerprint density at radius 3 is 2.39 bits per heavy atom. The first-order valence-electron chi connectivity index (χ1n) is 12.0. The minimum absolute atomic E-state index is 0.107. The molecule has 0 aromatic carbocycles. The second-order valence-corrected chi connectivity index (χ2v) is 9.26. The number of hydrogen-bond donors (Lipinski definition) is 2. The van der Waals surface area contributed by atoms with Crippen molar-refractivity contribution in [2.75, 3.05) is 37.6 Å². The molecule has 2 aliphatic carbocycles. The van der Waals surface area contributed by atoms with Gasteiger partial charge >= 0.3 is 5.97 Å². The number of esters is 1. The van der Waals surface area contributed by atoms with Gasteiger partial charge in [-0.05, 0) is 25.0 Å². The summed E-state index contributed by atoms with van der Waals surface area (Å²) in [7, 11) is 0. The van der Waals surface area contributed by atoms with Gasteiger partial charge in [0.25, 0.3) is 0 Å². The van der Waals surface area contributed by atoms with Crippen molar-refractivity contribution in [3.63, 3.8) is 0 Å². The Kier molecular flexibility index (Phi) is 6.01. The van der Waals surface area contributed by atoms with Crippen LogP contribution in [0.2, 0.25) is 0 Å². The van der Waals surface area contributed by atoms with E-state index < -0.39 is 6.10 Å². The average molecular weight is 453 g/mol. The van der Waals surface area contributed by atoms with E-state index in [-0.39, 0.29) is 36.1 Å². The summed E-state index contributed by atoms with van der Waals surface area (Å²) in [6.07, 6.45) is 7.56. The van der Waals surface area contributed by atoms with E-state index in [9.17, 15) is 15.0 Å². The Hall–Kier alpha value is -3.00. The molecule has 2 bridgehead atoms. The van der Waals surface area contributed by atoms with E-state index in [1.807, 2.05) is 25.1 Å². The lowest BCUT2D eigenvalue weighted by Gasteiger charge is -2.37.